The number of pyridine rings is 1. The van der Waals surface area contributed by atoms with Gasteiger partial charge in [0.1, 0.15) is 10.2 Å². The van der Waals surface area contributed by atoms with Gasteiger partial charge in [-0.2, -0.15) is 0 Å². The van der Waals surface area contributed by atoms with E-state index in [0.29, 0.717) is 23.3 Å². The van der Waals surface area contributed by atoms with Crippen molar-refractivity contribution in [1.29, 1.82) is 0 Å². The van der Waals surface area contributed by atoms with Crippen molar-refractivity contribution in [3.8, 4) is 0 Å². The first-order valence-corrected chi connectivity index (χ1v) is 8.44. The minimum atomic E-state index is -0.517. The number of amides is 2. The lowest BCUT2D eigenvalue weighted by molar-refractivity contribution is 0.0185. The number of carbonyl (C=O) groups excluding carboxylic acids is 2. The van der Waals surface area contributed by atoms with Crippen LogP contribution >= 0.6 is 15.9 Å². The van der Waals surface area contributed by atoms with Gasteiger partial charge in [-0.25, -0.2) is 9.78 Å². The first-order valence-electron chi connectivity index (χ1n) is 7.65. The Bertz CT molecular complexity index is 569. The van der Waals surface area contributed by atoms with Crippen molar-refractivity contribution in [3.05, 3.63) is 28.5 Å². The summed E-state index contributed by atoms with van der Waals surface area (Å²) in [6.07, 6.45) is 2.87. The highest BCUT2D eigenvalue weighted by Gasteiger charge is 2.28. The molecule has 2 heterocycles. The maximum Gasteiger partial charge on any atom is 0.410 e. The van der Waals surface area contributed by atoms with Crippen LogP contribution in [0.4, 0.5) is 4.79 Å². The second kappa shape index (κ2) is 7.29. The number of hydrogen-bond donors (Lipinski definition) is 1. The number of likely N-dealkylation sites (tertiary alicyclic amines) is 1. The van der Waals surface area contributed by atoms with Crippen molar-refractivity contribution >= 4 is 27.9 Å². The number of halogens is 1. The van der Waals surface area contributed by atoms with Crippen LogP contribution in [0.15, 0.2) is 22.9 Å². The Hall–Kier alpha value is -1.63. The molecule has 1 aromatic heterocycles. The van der Waals surface area contributed by atoms with Gasteiger partial charge in [-0.15, -0.1) is 0 Å². The monoisotopic (exact) mass is 383 g/mol. The highest BCUT2D eigenvalue weighted by molar-refractivity contribution is 9.10. The van der Waals surface area contributed by atoms with Crippen LogP contribution < -0.4 is 5.32 Å². The highest BCUT2D eigenvalue weighted by Crippen LogP contribution is 2.16. The van der Waals surface area contributed by atoms with Gasteiger partial charge in [0, 0.05) is 25.3 Å². The topological polar surface area (TPSA) is 71.5 Å². The van der Waals surface area contributed by atoms with E-state index in [9.17, 15) is 9.59 Å². The molecule has 0 aromatic carbocycles. The molecule has 23 heavy (non-hydrogen) atoms. The maximum absolute atomic E-state index is 12.2. The Balaban J connectivity index is 1.92. The van der Waals surface area contributed by atoms with E-state index >= 15 is 0 Å². The molecule has 1 atom stereocenters. The third-order valence-corrected chi connectivity index (χ3v) is 3.87. The third-order valence-electron chi connectivity index (χ3n) is 3.40. The highest BCUT2D eigenvalue weighted by atomic mass is 79.9. The zero-order chi connectivity index (χ0) is 17.0. The van der Waals surface area contributed by atoms with E-state index in [1.165, 1.54) is 6.20 Å². The first kappa shape index (κ1) is 17.7. The lowest BCUT2D eigenvalue weighted by atomic mass is 10.1. The van der Waals surface area contributed by atoms with Gasteiger partial charge in [0.2, 0.25) is 0 Å². The summed E-state index contributed by atoms with van der Waals surface area (Å²) in [5.74, 6) is -0.180. The third kappa shape index (κ3) is 5.49. The van der Waals surface area contributed by atoms with Gasteiger partial charge in [-0.3, -0.25) is 4.79 Å². The van der Waals surface area contributed by atoms with Gasteiger partial charge in [0.15, 0.2) is 0 Å². The molecule has 2 rings (SSSR count). The van der Waals surface area contributed by atoms with E-state index in [1.54, 1.807) is 17.0 Å². The van der Waals surface area contributed by atoms with Gasteiger partial charge in [0.25, 0.3) is 5.91 Å². The number of nitrogens with zero attached hydrogens (tertiary/aromatic N) is 2. The summed E-state index contributed by atoms with van der Waals surface area (Å²) < 4.78 is 6.07. The number of hydrogen-bond acceptors (Lipinski definition) is 4. The molecule has 0 saturated carbocycles. The Labute approximate surface area is 144 Å². The van der Waals surface area contributed by atoms with Crippen molar-refractivity contribution in [2.75, 3.05) is 13.1 Å². The molecule has 1 aliphatic heterocycles. The number of carbonyl (C=O) groups is 2. The first-order chi connectivity index (χ1) is 10.7. The average Bonchev–Trinajstić information content (AvgIpc) is 2.46. The summed E-state index contributed by atoms with van der Waals surface area (Å²) >= 11 is 3.24. The summed E-state index contributed by atoms with van der Waals surface area (Å²) in [5.41, 5.74) is -0.0151. The minimum Gasteiger partial charge on any atom is -0.444 e. The zero-order valence-corrected chi connectivity index (χ0v) is 15.2. The van der Waals surface area contributed by atoms with E-state index in [1.807, 2.05) is 20.8 Å². The van der Waals surface area contributed by atoms with Gasteiger partial charge in [-0.1, -0.05) is 0 Å². The van der Waals surface area contributed by atoms with Gasteiger partial charge in [-0.05, 0) is 61.7 Å². The normalized spacial score (nSPS) is 18.4. The van der Waals surface area contributed by atoms with Crippen LogP contribution in [0, 0.1) is 0 Å². The summed E-state index contributed by atoms with van der Waals surface area (Å²) in [6, 6.07) is 3.36. The molecule has 6 nitrogen and oxygen atoms in total. The molecule has 7 heteroatoms. The molecule has 1 unspecified atom stereocenters. The van der Waals surface area contributed by atoms with Crippen LogP contribution in [0.25, 0.3) is 0 Å². The van der Waals surface area contributed by atoms with Crippen LogP contribution in [-0.4, -0.2) is 46.6 Å². The van der Waals surface area contributed by atoms with Crippen LogP contribution in [0.1, 0.15) is 44.0 Å². The van der Waals surface area contributed by atoms with E-state index in [-0.39, 0.29) is 18.0 Å². The van der Waals surface area contributed by atoms with Crippen molar-refractivity contribution in [1.82, 2.24) is 15.2 Å². The second-order valence-corrected chi connectivity index (χ2v) is 7.42. The summed E-state index contributed by atoms with van der Waals surface area (Å²) in [5, 5.41) is 2.96. The predicted octanol–water partition coefficient (Wildman–Crippen LogP) is 2.97. The SMILES string of the molecule is CC(C)(C)OC(=O)N1CCCC(NC(=O)c2ccc(Br)nc2)C1. The van der Waals surface area contributed by atoms with Crippen LogP contribution in [-0.2, 0) is 4.74 Å². The Kier molecular flexibility index (Phi) is 5.62. The summed E-state index contributed by atoms with van der Waals surface area (Å²) in [6.45, 7) is 6.64. The van der Waals surface area contributed by atoms with Crippen molar-refractivity contribution in [3.63, 3.8) is 0 Å². The van der Waals surface area contributed by atoms with E-state index < -0.39 is 5.60 Å². The predicted molar refractivity (Wildman–Crippen MR) is 90.2 cm³/mol. The molecule has 2 amide bonds. The molecule has 0 spiro atoms. The second-order valence-electron chi connectivity index (χ2n) is 6.61. The number of ether oxygens (including phenoxy) is 1. The van der Waals surface area contributed by atoms with Crippen molar-refractivity contribution < 1.29 is 14.3 Å². The lowest BCUT2D eigenvalue weighted by Gasteiger charge is -2.34. The molecular formula is C16H22BrN3O3. The van der Waals surface area contributed by atoms with Crippen molar-refractivity contribution in [2.45, 2.75) is 45.3 Å². The molecule has 0 aliphatic carbocycles. The Morgan fingerprint density at radius 2 is 2.13 bits per heavy atom. The van der Waals surface area contributed by atoms with E-state index in [4.69, 9.17) is 4.74 Å². The molecule has 1 saturated heterocycles. The van der Waals surface area contributed by atoms with Gasteiger partial charge < -0.3 is 15.0 Å². The summed E-state index contributed by atoms with van der Waals surface area (Å²) in [4.78, 5) is 30.1. The zero-order valence-electron chi connectivity index (χ0n) is 13.6. The van der Waals surface area contributed by atoms with Crippen LogP contribution in [0.2, 0.25) is 0 Å². The fourth-order valence-corrected chi connectivity index (χ4v) is 2.60. The van der Waals surface area contributed by atoms with Crippen LogP contribution in [0.3, 0.4) is 0 Å². The quantitative estimate of drug-likeness (QED) is 0.796. The molecule has 0 radical (unpaired) electrons. The largest absolute Gasteiger partial charge is 0.444 e. The molecule has 1 aromatic rings. The van der Waals surface area contributed by atoms with E-state index in [0.717, 1.165) is 12.8 Å². The van der Waals surface area contributed by atoms with E-state index in [2.05, 4.69) is 26.2 Å². The minimum absolute atomic E-state index is 0.0765. The lowest BCUT2D eigenvalue weighted by Crippen LogP contribution is -2.50. The molecule has 1 fully saturated rings. The molecule has 1 aliphatic rings. The number of piperidine rings is 1. The smallest absolute Gasteiger partial charge is 0.410 e. The summed E-state index contributed by atoms with van der Waals surface area (Å²) in [7, 11) is 0. The molecule has 1 N–H and O–H groups in total. The standard InChI is InChI=1S/C16H22BrN3O3/c1-16(2,3)23-15(22)20-8-4-5-12(10-20)19-14(21)11-6-7-13(17)18-9-11/h6-7,9,12H,4-5,8,10H2,1-3H3,(H,19,21). The number of rotatable bonds is 2. The van der Waals surface area contributed by atoms with Crippen LogP contribution in [0.5, 0.6) is 0 Å². The molecule has 126 valence electrons. The average molecular weight is 384 g/mol. The van der Waals surface area contributed by atoms with Crippen molar-refractivity contribution in [2.24, 2.45) is 0 Å². The maximum atomic E-state index is 12.2. The number of nitrogens with one attached hydrogen (secondary N) is 1. The van der Waals surface area contributed by atoms with Gasteiger partial charge in [0.05, 0.1) is 5.56 Å². The fraction of sp³-hybridized carbons (Fsp3) is 0.562. The number of aromatic nitrogens is 1. The Morgan fingerprint density at radius 1 is 1.39 bits per heavy atom. The molecular weight excluding hydrogens is 362 g/mol. The Morgan fingerprint density at radius 3 is 2.74 bits per heavy atom. The fourth-order valence-electron chi connectivity index (χ4n) is 2.37. The molecule has 0 bridgehead atoms. The van der Waals surface area contributed by atoms with Gasteiger partial charge >= 0.3 is 6.09 Å².